The lowest BCUT2D eigenvalue weighted by atomic mass is 10.1. The maximum absolute atomic E-state index is 10.6. The molecule has 0 saturated heterocycles. The molecule has 19 heavy (non-hydrogen) atoms. The van der Waals surface area contributed by atoms with Crippen LogP contribution in [-0.4, -0.2) is 15.8 Å². The van der Waals surface area contributed by atoms with Crippen molar-refractivity contribution in [1.29, 1.82) is 0 Å². The van der Waals surface area contributed by atoms with Crippen molar-refractivity contribution in [1.82, 2.24) is 9.55 Å². The van der Waals surface area contributed by atoms with Gasteiger partial charge in [-0.1, -0.05) is 36.4 Å². The highest BCUT2D eigenvalue weighted by Gasteiger charge is 2.07. The van der Waals surface area contributed by atoms with Crippen molar-refractivity contribution in [2.45, 2.75) is 6.42 Å². The summed E-state index contributed by atoms with van der Waals surface area (Å²) >= 11 is 0. The second-order valence-electron chi connectivity index (χ2n) is 4.61. The van der Waals surface area contributed by atoms with Crippen LogP contribution in [0, 0.1) is 0 Å². The molecule has 3 nitrogen and oxygen atoms in total. The van der Waals surface area contributed by atoms with Gasteiger partial charge in [-0.15, -0.1) is 0 Å². The molecular weight excluding hydrogens is 236 g/mol. The average molecular weight is 250 g/mol. The third-order valence-corrected chi connectivity index (χ3v) is 3.36. The van der Waals surface area contributed by atoms with Crippen molar-refractivity contribution in [2.24, 2.45) is 7.05 Å². The number of aromatic nitrogens is 2. The smallest absolute Gasteiger partial charge is 0.150 e. The van der Waals surface area contributed by atoms with Gasteiger partial charge in [0, 0.05) is 19.0 Å². The first-order chi connectivity index (χ1) is 9.28. The van der Waals surface area contributed by atoms with Gasteiger partial charge in [-0.25, -0.2) is 4.98 Å². The highest BCUT2D eigenvalue weighted by molar-refractivity contribution is 5.76. The Morgan fingerprint density at radius 3 is 2.53 bits per heavy atom. The number of carbonyl (C=O) groups excluding carboxylic acids is 1. The second-order valence-corrected chi connectivity index (χ2v) is 4.61. The Bertz CT molecular complexity index is 726. The number of nitrogens with zero attached hydrogens (tertiary/aromatic N) is 2. The van der Waals surface area contributed by atoms with E-state index in [1.54, 1.807) is 0 Å². The van der Waals surface area contributed by atoms with E-state index in [0.717, 1.165) is 35.1 Å². The van der Waals surface area contributed by atoms with Crippen LogP contribution in [0.1, 0.15) is 21.7 Å². The Morgan fingerprint density at radius 2 is 1.84 bits per heavy atom. The van der Waals surface area contributed by atoms with Gasteiger partial charge in [0.2, 0.25) is 0 Å². The van der Waals surface area contributed by atoms with Gasteiger partial charge in [-0.2, -0.15) is 0 Å². The van der Waals surface area contributed by atoms with Gasteiger partial charge in [-0.05, 0) is 17.7 Å². The zero-order valence-corrected chi connectivity index (χ0v) is 10.7. The fourth-order valence-electron chi connectivity index (χ4n) is 2.25. The topological polar surface area (TPSA) is 34.9 Å². The fraction of sp³-hybridized carbons (Fsp3) is 0.125. The summed E-state index contributed by atoms with van der Waals surface area (Å²) in [6, 6.07) is 15.7. The first-order valence-corrected chi connectivity index (χ1v) is 6.22. The third-order valence-electron chi connectivity index (χ3n) is 3.36. The lowest BCUT2D eigenvalue weighted by Crippen LogP contribution is -1.99. The van der Waals surface area contributed by atoms with E-state index in [0.29, 0.717) is 5.56 Å². The molecule has 0 bridgehead atoms. The molecule has 1 aromatic heterocycles. The normalized spacial score (nSPS) is 10.8. The van der Waals surface area contributed by atoms with Gasteiger partial charge in [0.15, 0.2) is 0 Å². The number of hydrogen-bond acceptors (Lipinski definition) is 2. The molecule has 0 atom stereocenters. The maximum atomic E-state index is 10.6. The Hall–Kier alpha value is -2.42. The molecule has 0 aliphatic heterocycles. The molecule has 0 amide bonds. The highest BCUT2D eigenvalue weighted by atomic mass is 16.1. The van der Waals surface area contributed by atoms with Crippen molar-refractivity contribution in [3.8, 4) is 0 Å². The van der Waals surface area contributed by atoms with Crippen molar-refractivity contribution in [3.63, 3.8) is 0 Å². The first-order valence-electron chi connectivity index (χ1n) is 6.22. The predicted molar refractivity (Wildman–Crippen MR) is 75.3 cm³/mol. The van der Waals surface area contributed by atoms with Crippen LogP contribution in [0.15, 0.2) is 48.5 Å². The van der Waals surface area contributed by atoms with E-state index in [1.807, 2.05) is 49.5 Å². The van der Waals surface area contributed by atoms with Crippen LogP contribution < -0.4 is 0 Å². The minimum absolute atomic E-state index is 0.703. The zero-order chi connectivity index (χ0) is 13.2. The molecule has 0 fully saturated rings. The summed E-state index contributed by atoms with van der Waals surface area (Å²) in [6.45, 7) is 0. The lowest BCUT2D eigenvalue weighted by Gasteiger charge is -2.03. The predicted octanol–water partition coefficient (Wildman–Crippen LogP) is 2.98. The number of fused-ring (bicyclic) bond motifs is 1. The van der Waals surface area contributed by atoms with Gasteiger partial charge in [0.25, 0.3) is 0 Å². The molecule has 0 unspecified atom stereocenters. The van der Waals surface area contributed by atoms with Crippen molar-refractivity contribution in [3.05, 3.63) is 65.5 Å². The summed E-state index contributed by atoms with van der Waals surface area (Å²) in [7, 11) is 2.03. The molecule has 94 valence electrons. The van der Waals surface area contributed by atoms with Gasteiger partial charge >= 0.3 is 0 Å². The van der Waals surface area contributed by atoms with Crippen LogP contribution in [0.5, 0.6) is 0 Å². The van der Waals surface area contributed by atoms with E-state index in [2.05, 4.69) is 15.6 Å². The molecule has 3 heteroatoms. The standard InChI is InChI=1S/C16H14N2O/c1-18-15-5-3-2-4-14(15)17-16(18)10-12-6-8-13(11-19)9-7-12/h2-9,11H,10H2,1H3. The minimum atomic E-state index is 0.703. The van der Waals surface area contributed by atoms with Crippen molar-refractivity contribution in [2.75, 3.05) is 0 Å². The van der Waals surface area contributed by atoms with Gasteiger partial charge < -0.3 is 4.57 Å². The number of carbonyl (C=O) groups is 1. The number of rotatable bonds is 3. The molecule has 3 aromatic rings. The van der Waals surface area contributed by atoms with E-state index in [1.165, 1.54) is 0 Å². The van der Waals surface area contributed by atoms with Crippen LogP contribution in [0.2, 0.25) is 0 Å². The summed E-state index contributed by atoms with van der Waals surface area (Å²) in [4.78, 5) is 15.3. The summed E-state index contributed by atoms with van der Waals surface area (Å²) in [5, 5.41) is 0. The fourth-order valence-corrected chi connectivity index (χ4v) is 2.25. The SMILES string of the molecule is Cn1c(Cc2ccc(C=O)cc2)nc2ccccc21. The van der Waals surface area contributed by atoms with E-state index < -0.39 is 0 Å². The van der Waals surface area contributed by atoms with E-state index in [9.17, 15) is 4.79 Å². The number of aldehydes is 1. The summed E-state index contributed by atoms with van der Waals surface area (Å²) in [5.41, 5.74) is 4.02. The monoisotopic (exact) mass is 250 g/mol. The third kappa shape index (κ3) is 2.15. The molecule has 0 saturated carbocycles. The van der Waals surface area contributed by atoms with Gasteiger partial charge in [0.05, 0.1) is 11.0 Å². The Labute approximate surface area is 111 Å². The average Bonchev–Trinajstić information content (AvgIpc) is 2.77. The number of benzene rings is 2. The molecule has 0 N–H and O–H groups in total. The van der Waals surface area contributed by atoms with Crippen LogP contribution in [0.25, 0.3) is 11.0 Å². The Balaban J connectivity index is 1.96. The summed E-state index contributed by atoms with van der Waals surface area (Å²) < 4.78 is 2.11. The Kier molecular flexibility index (Phi) is 2.88. The molecule has 0 spiro atoms. The number of imidazole rings is 1. The summed E-state index contributed by atoms with van der Waals surface area (Å²) in [5.74, 6) is 1.03. The van der Waals surface area contributed by atoms with Crippen LogP contribution in [-0.2, 0) is 13.5 Å². The first kappa shape index (κ1) is 11.7. The van der Waals surface area contributed by atoms with E-state index in [4.69, 9.17) is 0 Å². The second kappa shape index (κ2) is 4.69. The van der Waals surface area contributed by atoms with E-state index in [-0.39, 0.29) is 0 Å². The molecule has 0 aliphatic carbocycles. The molecule has 0 aliphatic rings. The number of hydrogen-bond donors (Lipinski definition) is 0. The van der Waals surface area contributed by atoms with E-state index >= 15 is 0 Å². The minimum Gasteiger partial charge on any atom is -0.331 e. The highest BCUT2D eigenvalue weighted by Crippen LogP contribution is 2.17. The quantitative estimate of drug-likeness (QED) is 0.670. The maximum Gasteiger partial charge on any atom is 0.150 e. The van der Waals surface area contributed by atoms with Gasteiger partial charge in [-0.3, -0.25) is 4.79 Å². The number of para-hydroxylation sites is 2. The van der Waals surface area contributed by atoms with Gasteiger partial charge in [0.1, 0.15) is 12.1 Å². The number of aryl methyl sites for hydroxylation is 1. The van der Waals surface area contributed by atoms with Crippen molar-refractivity contribution >= 4 is 17.3 Å². The molecule has 1 heterocycles. The Morgan fingerprint density at radius 1 is 1.11 bits per heavy atom. The molecule has 3 rings (SSSR count). The van der Waals surface area contributed by atoms with Crippen LogP contribution >= 0.6 is 0 Å². The zero-order valence-electron chi connectivity index (χ0n) is 10.7. The molecular formula is C16H14N2O. The van der Waals surface area contributed by atoms with Crippen LogP contribution in [0.3, 0.4) is 0 Å². The molecule has 2 aromatic carbocycles. The van der Waals surface area contributed by atoms with Crippen molar-refractivity contribution < 1.29 is 4.79 Å². The van der Waals surface area contributed by atoms with Crippen LogP contribution in [0.4, 0.5) is 0 Å². The summed E-state index contributed by atoms with van der Waals surface area (Å²) in [6.07, 6.45) is 1.63. The molecule has 0 radical (unpaired) electrons. The lowest BCUT2D eigenvalue weighted by molar-refractivity contribution is 0.112. The largest absolute Gasteiger partial charge is 0.331 e.